The van der Waals surface area contributed by atoms with Crippen molar-refractivity contribution in [2.75, 3.05) is 26.2 Å². The monoisotopic (exact) mass is 373 g/mol. The fraction of sp³-hybridized carbons (Fsp3) is 0.941. The highest BCUT2D eigenvalue weighted by Gasteiger charge is 2.36. The Morgan fingerprint density at radius 2 is 2.27 bits per heavy atom. The third-order valence-electron chi connectivity index (χ3n) is 5.58. The second kappa shape index (κ2) is 9.38. The standard InChI is InChI=1S/C17H32FN5O3/c18-12-3-1-2-11(6-12)9-23-10-13(8-20-23)21-17(25)14-7-16(26-22-14)15(24)4-5-19/h11-16,20,22,24H,1-10,19H2,(H,21,25). The van der Waals surface area contributed by atoms with Crippen molar-refractivity contribution in [3.63, 3.8) is 0 Å². The summed E-state index contributed by atoms with van der Waals surface area (Å²) in [7, 11) is 0. The molecule has 26 heavy (non-hydrogen) atoms. The molecule has 150 valence electrons. The maximum absolute atomic E-state index is 13.5. The molecule has 0 bridgehead atoms. The Kier molecular flexibility index (Phi) is 7.19. The number of hydroxylamine groups is 1. The SMILES string of the molecule is NCCC(O)C1CC(C(=O)NC2CNN(CC3CCCC(F)C3)C2)NO1. The van der Waals surface area contributed by atoms with E-state index in [0.717, 1.165) is 19.4 Å². The smallest absolute Gasteiger partial charge is 0.239 e. The molecule has 0 aromatic carbocycles. The van der Waals surface area contributed by atoms with Gasteiger partial charge in [-0.2, -0.15) is 5.48 Å². The molecule has 9 heteroatoms. The maximum atomic E-state index is 13.5. The number of hydrogen-bond acceptors (Lipinski definition) is 7. The fourth-order valence-corrected chi connectivity index (χ4v) is 4.13. The van der Waals surface area contributed by atoms with E-state index in [2.05, 4.69) is 21.2 Å². The number of hydrazine groups is 1. The number of halogens is 1. The number of nitrogens with two attached hydrogens (primary N) is 1. The van der Waals surface area contributed by atoms with E-state index < -0.39 is 24.4 Å². The molecule has 1 amide bonds. The van der Waals surface area contributed by atoms with Crippen molar-refractivity contribution < 1.29 is 19.1 Å². The van der Waals surface area contributed by atoms with Crippen LogP contribution in [0.5, 0.6) is 0 Å². The van der Waals surface area contributed by atoms with E-state index in [-0.39, 0.29) is 11.9 Å². The van der Waals surface area contributed by atoms with E-state index >= 15 is 0 Å². The fourth-order valence-electron chi connectivity index (χ4n) is 4.13. The van der Waals surface area contributed by atoms with Gasteiger partial charge in [0.15, 0.2) is 0 Å². The van der Waals surface area contributed by atoms with E-state index in [9.17, 15) is 14.3 Å². The van der Waals surface area contributed by atoms with E-state index in [1.165, 1.54) is 0 Å². The Morgan fingerprint density at radius 1 is 1.42 bits per heavy atom. The van der Waals surface area contributed by atoms with E-state index in [1.807, 2.05) is 0 Å². The van der Waals surface area contributed by atoms with Crippen molar-refractivity contribution >= 4 is 5.91 Å². The lowest BCUT2D eigenvalue weighted by Crippen LogP contribution is -2.47. The summed E-state index contributed by atoms with van der Waals surface area (Å²) in [6.45, 7) is 2.59. The number of hydrogen-bond donors (Lipinski definition) is 5. The number of aliphatic hydroxyl groups is 1. The van der Waals surface area contributed by atoms with Gasteiger partial charge in [-0.15, -0.1) is 0 Å². The molecule has 0 radical (unpaired) electrons. The molecule has 3 fully saturated rings. The Morgan fingerprint density at radius 3 is 3.04 bits per heavy atom. The summed E-state index contributed by atoms with van der Waals surface area (Å²) < 4.78 is 13.5. The largest absolute Gasteiger partial charge is 0.390 e. The van der Waals surface area contributed by atoms with Crippen molar-refractivity contribution in [1.82, 2.24) is 21.2 Å². The topological polar surface area (TPSA) is 112 Å². The van der Waals surface area contributed by atoms with Crippen LogP contribution in [0.25, 0.3) is 0 Å². The highest BCUT2D eigenvalue weighted by molar-refractivity contribution is 5.82. The van der Waals surface area contributed by atoms with Crippen LogP contribution in [0.2, 0.25) is 0 Å². The van der Waals surface area contributed by atoms with Crippen molar-refractivity contribution in [2.45, 2.75) is 69.0 Å². The van der Waals surface area contributed by atoms with Gasteiger partial charge in [0.2, 0.25) is 5.91 Å². The summed E-state index contributed by atoms with van der Waals surface area (Å²) in [4.78, 5) is 17.7. The third kappa shape index (κ3) is 5.34. The number of rotatable bonds is 7. The van der Waals surface area contributed by atoms with Gasteiger partial charge in [0.1, 0.15) is 18.3 Å². The molecule has 6 N–H and O–H groups in total. The summed E-state index contributed by atoms with van der Waals surface area (Å²) in [6.07, 6.45) is 2.51. The lowest BCUT2D eigenvalue weighted by molar-refractivity contribution is -0.125. The van der Waals surface area contributed by atoms with Gasteiger partial charge in [0.05, 0.1) is 12.1 Å². The third-order valence-corrected chi connectivity index (χ3v) is 5.58. The van der Waals surface area contributed by atoms with Gasteiger partial charge in [-0.05, 0) is 38.1 Å². The van der Waals surface area contributed by atoms with Crippen molar-refractivity contribution in [3.05, 3.63) is 0 Å². The van der Waals surface area contributed by atoms with E-state index in [4.69, 9.17) is 10.6 Å². The van der Waals surface area contributed by atoms with Crippen LogP contribution in [0.15, 0.2) is 0 Å². The van der Waals surface area contributed by atoms with Crippen LogP contribution >= 0.6 is 0 Å². The van der Waals surface area contributed by atoms with Crippen molar-refractivity contribution in [2.24, 2.45) is 11.7 Å². The molecule has 1 aliphatic carbocycles. The molecule has 3 rings (SSSR count). The summed E-state index contributed by atoms with van der Waals surface area (Å²) in [5.74, 6) is 0.262. The van der Waals surface area contributed by atoms with Crippen LogP contribution in [0.1, 0.15) is 38.5 Å². The maximum Gasteiger partial charge on any atom is 0.239 e. The van der Waals surface area contributed by atoms with Gasteiger partial charge in [-0.3, -0.25) is 15.1 Å². The zero-order chi connectivity index (χ0) is 18.5. The summed E-state index contributed by atoms with van der Waals surface area (Å²) in [6, 6.07) is -0.450. The zero-order valence-corrected chi connectivity index (χ0v) is 15.2. The van der Waals surface area contributed by atoms with E-state index in [0.29, 0.717) is 51.2 Å². The second-order valence-electron chi connectivity index (χ2n) is 7.81. The molecule has 0 aromatic heterocycles. The minimum Gasteiger partial charge on any atom is -0.390 e. The van der Waals surface area contributed by atoms with Gasteiger partial charge in [-0.25, -0.2) is 9.40 Å². The highest BCUT2D eigenvalue weighted by atomic mass is 19.1. The number of amides is 1. The number of carbonyl (C=O) groups excluding carboxylic acids is 1. The summed E-state index contributed by atoms with van der Waals surface area (Å²) >= 11 is 0. The van der Waals surface area contributed by atoms with Crippen molar-refractivity contribution in [1.29, 1.82) is 0 Å². The number of aliphatic hydroxyl groups excluding tert-OH is 1. The summed E-state index contributed by atoms with van der Waals surface area (Å²) in [5.41, 5.74) is 11.5. The molecule has 6 unspecified atom stereocenters. The number of alkyl halides is 1. The molecular formula is C17H32FN5O3. The molecule has 1 saturated carbocycles. The summed E-state index contributed by atoms with van der Waals surface area (Å²) in [5, 5.41) is 15.0. The van der Waals surface area contributed by atoms with Gasteiger partial charge >= 0.3 is 0 Å². The predicted molar refractivity (Wildman–Crippen MR) is 94.5 cm³/mol. The highest BCUT2D eigenvalue weighted by Crippen LogP contribution is 2.27. The van der Waals surface area contributed by atoms with Crippen LogP contribution in [-0.4, -0.2) is 72.7 Å². The van der Waals surface area contributed by atoms with Gasteiger partial charge in [0.25, 0.3) is 0 Å². The minimum atomic E-state index is -0.664. The van der Waals surface area contributed by atoms with Crippen LogP contribution in [0.3, 0.4) is 0 Å². The average molecular weight is 373 g/mol. The molecule has 2 heterocycles. The molecule has 6 atom stereocenters. The quantitative estimate of drug-likeness (QED) is 0.397. The molecular weight excluding hydrogens is 341 g/mol. The Bertz CT molecular complexity index is 472. The molecule has 2 aliphatic heterocycles. The van der Waals surface area contributed by atoms with Gasteiger partial charge in [-0.1, -0.05) is 6.42 Å². The lowest BCUT2D eigenvalue weighted by atomic mass is 9.88. The second-order valence-corrected chi connectivity index (χ2v) is 7.81. The Balaban J connectivity index is 1.38. The van der Waals surface area contributed by atoms with E-state index in [1.54, 1.807) is 0 Å². The molecule has 2 saturated heterocycles. The van der Waals surface area contributed by atoms with Gasteiger partial charge < -0.3 is 16.2 Å². The predicted octanol–water partition coefficient (Wildman–Crippen LogP) is -0.808. The van der Waals surface area contributed by atoms with Gasteiger partial charge in [0, 0.05) is 26.1 Å². The first-order chi connectivity index (χ1) is 12.5. The Labute approximate surface area is 153 Å². The lowest BCUT2D eigenvalue weighted by Gasteiger charge is -2.28. The van der Waals surface area contributed by atoms with Crippen LogP contribution in [-0.2, 0) is 9.63 Å². The Hall–Kier alpha value is -0.840. The van der Waals surface area contributed by atoms with Crippen LogP contribution in [0.4, 0.5) is 4.39 Å². The molecule has 0 spiro atoms. The molecule has 3 aliphatic rings. The van der Waals surface area contributed by atoms with Crippen molar-refractivity contribution in [3.8, 4) is 0 Å². The number of nitrogens with zero attached hydrogens (tertiary/aromatic N) is 1. The number of nitrogens with one attached hydrogen (secondary N) is 3. The molecule has 8 nitrogen and oxygen atoms in total. The first kappa shape index (κ1) is 19.9. The first-order valence-electron chi connectivity index (χ1n) is 9.77. The average Bonchev–Trinajstić information content (AvgIpc) is 3.25. The minimum absolute atomic E-state index is 0.0158. The molecule has 0 aromatic rings. The van der Waals surface area contributed by atoms with Crippen LogP contribution < -0.4 is 22.0 Å². The van der Waals surface area contributed by atoms with Crippen LogP contribution in [0, 0.1) is 5.92 Å². The number of carbonyl (C=O) groups is 1. The first-order valence-corrected chi connectivity index (χ1v) is 9.77. The normalized spacial score (nSPS) is 37.0. The zero-order valence-electron chi connectivity index (χ0n) is 15.2.